The SMILES string of the molecule is CN(C)C(=O)c1cc(O)c(O)c(C(=O)NCC=C[C@H]2O[C@@H](n3cnc4c(N)ncnc43)C(O)[C@H]2O)c1. The molecule has 1 unspecified atom stereocenters. The first kappa shape index (κ1) is 24.8. The van der Waals surface area contributed by atoms with Gasteiger partial charge in [-0.25, -0.2) is 15.0 Å². The summed E-state index contributed by atoms with van der Waals surface area (Å²) in [6, 6.07) is 2.24. The number of fused-ring (bicyclic) bond motifs is 1. The third-order valence-electron chi connectivity index (χ3n) is 5.63. The van der Waals surface area contributed by atoms with Gasteiger partial charge in [-0.05, 0) is 12.1 Å². The van der Waals surface area contributed by atoms with E-state index in [-0.39, 0.29) is 23.5 Å². The summed E-state index contributed by atoms with van der Waals surface area (Å²) in [4.78, 5) is 38.0. The first-order valence-corrected chi connectivity index (χ1v) is 10.8. The molecule has 7 N–H and O–H groups in total. The largest absolute Gasteiger partial charge is 0.504 e. The number of phenolic OH excluding ortho intramolecular Hbond substituents is 2. The van der Waals surface area contributed by atoms with E-state index in [4.69, 9.17) is 10.5 Å². The van der Waals surface area contributed by atoms with E-state index in [0.717, 1.165) is 6.07 Å². The van der Waals surface area contributed by atoms with E-state index in [9.17, 15) is 30.0 Å². The molecule has 0 aliphatic carbocycles. The van der Waals surface area contributed by atoms with Gasteiger partial charge in [-0.2, -0.15) is 0 Å². The molecule has 1 aliphatic heterocycles. The molecule has 2 amide bonds. The minimum atomic E-state index is -1.31. The van der Waals surface area contributed by atoms with Crippen LogP contribution in [0.25, 0.3) is 11.2 Å². The number of aliphatic hydroxyl groups is 2. The van der Waals surface area contributed by atoms with Crippen LogP contribution in [0, 0.1) is 0 Å². The summed E-state index contributed by atoms with van der Waals surface area (Å²) in [6.45, 7) is -0.0456. The predicted molar refractivity (Wildman–Crippen MR) is 125 cm³/mol. The molecule has 2 aromatic heterocycles. The van der Waals surface area contributed by atoms with Gasteiger partial charge in [0.05, 0.1) is 11.9 Å². The van der Waals surface area contributed by atoms with E-state index >= 15 is 0 Å². The lowest BCUT2D eigenvalue weighted by molar-refractivity contribution is -0.0245. The molecule has 4 rings (SSSR count). The highest BCUT2D eigenvalue weighted by molar-refractivity contribution is 6.02. The number of benzene rings is 1. The van der Waals surface area contributed by atoms with Crippen LogP contribution in [0.3, 0.4) is 0 Å². The molecule has 3 heterocycles. The molecule has 0 bridgehead atoms. The number of amides is 2. The number of aromatic hydroxyl groups is 2. The summed E-state index contributed by atoms with van der Waals surface area (Å²) >= 11 is 0. The number of nitrogens with zero attached hydrogens (tertiary/aromatic N) is 5. The molecule has 36 heavy (non-hydrogen) atoms. The lowest BCUT2D eigenvalue weighted by Gasteiger charge is -2.16. The monoisotopic (exact) mass is 499 g/mol. The van der Waals surface area contributed by atoms with Crippen LogP contribution in [0.2, 0.25) is 0 Å². The van der Waals surface area contributed by atoms with Gasteiger partial charge in [0.2, 0.25) is 0 Å². The summed E-state index contributed by atoms with van der Waals surface area (Å²) < 4.78 is 7.22. The highest BCUT2D eigenvalue weighted by Gasteiger charge is 2.43. The minimum absolute atomic E-state index is 0.0255. The van der Waals surface area contributed by atoms with Crippen LogP contribution in [-0.4, -0.2) is 95.6 Å². The second kappa shape index (κ2) is 9.77. The Morgan fingerprint density at radius 2 is 1.94 bits per heavy atom. The van der Waals surface area contributed by atoms with E-state index in [2.05, 4.69) is 20.3 Å². The van der Waals surface area contributed by atoms with Crippen molar-refractivity contribution in [2.45, 2.75) is 24.5 Å². The maximum Gasteiger partial charge on any atom is 0.255 e. The summed E-state index contributed by atoms with van der Waals surface area (Å²) in [5.41, 5.74) is 6.18. The lowest BCUT2D eigenvalue weighted by Crippen LogP contribution is -2.31. The number of rotatable bonds is 6. The molecule has 0 spiro atoms. The Labute approximate surface area is 204 Å². The van der Waals surface area contributed by atoms with Crippen LogP contribution in [0.1, 0.15) is 26.9 Å². The normalized spacial score (nSPS) is 21.8. The van der Waals surface area contributed by atoms with Crippen molar-refractivity contribution >= 4 is 28.8 Å². The van der Waals surface area contributed by atoms with Crippen LogP contribution in [0.5, 0.6) is 11.5 Å². The van der Waals surface area contributed by atoms with Crippen LogP contribution >= 0.6 is 0 Å². The molecule has 1 saturated heterocycles. The number of aromatic nitrogens is 4. The number of nitrogens with one attached hydrogen (secondary N) is 1. The Balaban J connectivity index is 1.42. The number of nitrogen functional groups attached to an aromatic ring is 1. The van der Waals surface area contributed by atoms with Crippen molar-refractivity contribution in [3.05, 3.63) is 48.1 Å². The molecule has 14 nitrogen and oxygen atoms in total. The Hall–Kier alpha value is -4.27. The fraction of sp³-hybridized carbons (Fsp3) is 0.318. The number of carbonyl (C=O) groups is 2. The van der Waals surface area contributed by atoms with Crippen LogP contribution in [0.15, 0.2) is 36.9 Å². The van der Waals surface area contributed by atoms with Crippen molar-refractivity contribution in [1.82, 2.24) is 29.7 Å². The fourth-order valence-corrected chi connectivity index (χ4v) is 3.75. The standard InChI is InChI=1S/C22H25N7O7/c1-28(2)21(35)10-6-11(15(31)12(30)7-10)20(34)24-5-3-4-13-16(32)17(33)22(36-13)29-9-27-14-18(23)25-8-26-19(14)29/h3-4,6-9,13,16-17,22,30-33H,5H2,1-2H3,(H,24,34)(H2,23,25,26)/t13-,16+,17?,22-/m1/s1. The first-order valence-electron chi connectivity index (χ1n) is 10.8. The predicted octanol–water partition coefficient (Wildman–Crippen LogP) is -0.873. The number of hydrogen-bond acceptors (Lipinski definition) is 11. The van der Waals surface area contributed by atoms with Crippen molar-refractivity contribution in [3.63, 3.8) is 0 Å². The zero-order valence-electron chi connectivity index (χ0n) is 19.3. The summed E-state index contributed by atoms with van der Waals surface area (Å²) in [5, 5.41) is 43.4. The van der Waals surface area contributed by atoms with E-state index in [0.29, 0.717) is 11.2 Å². The van der Waals surface area contributed by atoms with Gasteiger partial charge in [-0.15, -0.1) is 0 Å². The molecule has 1 fully saturated rings. The van der Waals surface area contributed by atoms with Gasteiger partial charge >= 0.3 is 0 Å². The van der Waals surface area contributed by atoms with Crippen LogP contribution in [0.4, 0.5) is 5.82 Å². The topological polar surface area (TPSA) is 209 Å². The highest BCUT2D eigenvalue weighted by Crippen LogP contribution is 2.33. The summed E-state index contributed by atoms with van der Waals surface area (Å²) in [7, 11) is 3.02. The fourth-order valence-electron chi connectivity index (χ4n) is 3.75. The minimum Gasteiger partial charge on any atom is -0.504 e. The smallest absolute Gasteiger partial charge is 0.255 e. The maximum absolute atomic E-state index is 12.5. The van der Waals surface area contributed by atoms with Crippen molar-refractivity contribution in [1.29, 1.82) is 0 Å². The third kappa shape index (κ3) is 4.51. The molecule has 0 radical (unpaired) electrons. The molecule has 0 saturated carbocycles. The Kier molecular flexibility index (Phi) is 6.74. The third-order valence-corrected chi connectivity index (χ3v) is 5.63. The van der Waals surface area contributed by atoms with Gasteiger partial charge < -0.3 is 41.1 Å². The van der Waals surface area contributed by atoms with Crippen molar-refractivity contribution in [2.24, 2.45) is 0 Å². The number of nitrogens with two attached hydrogens (primary N) is 1. The van der Waals surface area contributed by atoms with E-state index in [1.807, 2.05) is 0 Å². The zero-order valence-corrected chi connectivity index (χ0v) is 19.3. The molecule has 3 aromatic rings. The number of carbonyl (C=O) groups excluding carboxylic acids is 2. The van der Waals surface area contributed by atoms with Crippen molar-refractivity contribution in [3.8, 4) is 11.5 Å². The molecule has 1 aliphatic rings. The van der Waals surface area contributed by atoms with Gasteiger partial charge in [-0.3, -0.25) is 14.2 Å². The number of hydrogen-bond donors (Lipinski definition) is 6. The van der Waals surface area contributed by atoms with Gasteiger partial charge in [0.15, 0.2) is 29.2 Å². The maximum atomic E-state index is 12.5. The Morgan fingerprint density at radius 3 is 2.67 bits per heavy atom. The molecule has 1 aromatic carbocycles. The summed E-state index contributed by atoms with van der Waals surface area (Å²) in [6.07, 6.45) is 1.06. The van der Waals surface area contributed by atoms with E-state index in [1.54, 1.807) is 0 Å². The average Bonchev–Trinajstić information content (AvgIpc) is 3.39. The molecule has 14 heteroatoms. The van der Waals surface area contributed by atoms with Crippen molar-refractivity contribution in [2.75, 3.05) is 26.4 Å². The molecular weight excluding hydrogens is 474 g/mol. The number of phenols is 2. The quantitative estimate of drug-likeness (QED) is 0.181. The zero-order chi connectivity index (χ0) is 26.1. The van der Waals surface area contributed by atoms with Crippen LogP contribution in [-0.2, 0) is 4.74 Å². The molecule has 4 atom stereocenters. The highest BCUT2D eigenvalue weighted by atomic mass is 16.6. The van der Waals surface area contributed by atoms with E-state index < -0.39 is 47.9 Å². The van der Waals surface area contributed by atoms with Gasteiger partial charge in [0, 0.05) is 26.2 Å². The van der Waals surface area contributed by atoms with Gasteiger partial charge in [0.1, 0.15) is 30.2 Å². The Morgan fingerprint density at radius 1 is 1.19 bits per heavy atom. The van der Waals surface area contributed by atoms with Gasteiger partial charge in [-0.1, -0.05) is 12.2 Å². The second-order valence-corrected chi connectivity index (χ2v) is 8.28. The number of anilines is 1. The number of aliphatic hydroxyl groups excluding tert-OH is 2. The summed E-state index contributed by atoms with van der Waals surface area (Å²) in [5.74, 6) is -2.31. The number of imidazole rings is 1. The average molecular weight is 499 g/mol. The Bertz CT molecular complexity index is 1340. The first-order chi connectivity index (χ1) is 17.1. The van der Waals surface area contributed by atoms with Gasteiger partial charge in [0.25, 0.3) is 11.8 Å². The second-order valence-electron chi connectivity index (χ2n) is 8.28. The van der Waals surface area contributed by atoms with Crippen LogP contribution < -0.4 is 11.1 Å². The molecule has 190 valence electrons. The van der Waals surface area contributed by atoms with E-state index in [1.165, 1.54) is 54.4 Å². The lowest BCUT2D eigenvalue weighted by atomic mass is 10.1. The molecular formula is C22H25N7O7. The van der Waals surface area contributed by atoms with Crippen molar-refractivity contribution < 1.29 is 34.8 Å². The number of ether oxygens (including phenoxy) is 1.